The van der Waals surface area contributed by atoms with Gasteiger partial charge < -0.3 is 15.4 Å². The van der Waals surface area contributed by atoms with Gasteiger partial charge in [0.05, 0.1) is 6.54 Å². The first-order valence-corrected chi connectivity index (χ1v) is 11.0. The predicted molar refractivity (Wildman–Crippen MR) is 130 cm³/mol. The van der Waals surface area contributed by atoms with Crippen LogP contribution < -0.4 is 26.6 Å². The van der Waals surface area contributed by atoms with E-state index in [0.29, 0.717) is 12.2 Å². The fourth-order valence-corrected chi connectivity index (χ4v) is 3.52. The number of aryl methyl sites for hydroxylation is 2. The molecule has 3 N–H and O–H groups in total. The van der Waals surface area contributed by atoms with Crippen LogP contribution in [0.25, 0.3) is 0 Å². The Morgan fingerprint density at radius 1 is 1.12 bits per heavy atom. The Kier molecular flexibility index (Phi) is 7.71. The van der Waals surface area contributed by atoms with E-state index in [0.717, 1.165) is 23.1 Å². The Bertz CT molecular complexity index is 1230. The van der Waals surface area contributed by atoms with E-state index in [1.54, 1.807) is 0 Å². The number of hydrogen-bond donors (Lipinski definition) is 2. The lowest BCUT2D eigenvalue weighted by molar-refractivity contribution is -0.120. The van der Waals surface area contributed by atoms with Gasteiger partial charge in [0.1, 0.15) is 11.6 Å². The van der Waals surface area contributed by atoms with Gasteiger partial charge in [-0.2, -0.15) is 0 Å². The maximum absolute atomic E-state index is 13.2. The largest absolute Gasteiger partial charge is 0.483 e. The molecule has 33 heavy (non-hydrogen) atoms. The zero-order chi connectivity index (χ0) is 24.0. The van der Waals surface area contributed by atoms with Crippen molar-refractivity contribution in [3.63, 3.8) is 0 Å². The van der Waals surface area contributed by atoms with Gasteiger partial charge in [0.2, 0.25) is 0 Å². The minimum atomic E-state index is -0.696. The second-order valence-electron chi connectivity index (χ2n) is 8.02. The van der Waals surface area contributed by atoms with E-state index in [1.165, 1.54) is 9.47 Å². The monoisotopic (exact) mass is 450 g/mol. The molecule has 0 aliphatic carbocycles. The number of aromatic amines is 1. The highest BCUT2D eigenvalue weighted by Gasteiger charge is 2.24. The van der Waals surface area contributed by atoms with Gasteiger partial charge in [-0.15, -0.1) is 0 Å². The average Bonchev–Trinajstić information content (AvgIpc) is 2.79. The lowest BCUT2D eigenvalue weighted by Gasteiger charge is -2.24. The van der Waals surface area contributed by atoms with E-state index in [9.17, 15) is 14.4 Å². The molecule has 1 amide bonds. The molecule has 0 saturated heterocycles. The molecule has 0 spiro atoms. The van der Waals surface area contributed by atoms with E-state index < -0.39 is 17.2 Å². The molecule has 8 nitrogen and oxygen atoms in total. The molecule has 0 radical (unpaired) electrons. The summed E-state index contributed by atoms with van der Waals surface area (Å²) in [6, 6.07) is 15.0. The Balaban J connectivity index is 1.94. The number of carbonyl (C=O) groups is 1. The predicted octanol–water partition coefficient (Wildman–Crippen LogP) is 3.00. The summed E-state index contributed by atoms with van der Waals surface area (Å²) in [4.78, 5) is 42.1. The van der Waals surface area contributed by atoms with Gasteiger partial charge in [-0.3, -0.25) is 19.1 Å². The number of H-pyrrole nitrogens is 1. The Morgan fingerprint density at radius 2 is 1.85 bits per heavy atom. The van der Waals surface area contributed by atoms with Crippen LogP contribution in [0.1, 0.15) is 36.5 Å². The normalized spacial score (nSPS) is 10.8. The molecule has 0 fully saturated rings. The number of ether oxygens (including phenoxy) is 1. The van der Waals surface area contributed by atoms with Gasteiger partial charge in [-0.25, -0.2) is 4.79 Å². The Hall–Kier alpha value is -3.81. The molecule has 3 aromatic rings. The summed E-state index contributed by atoms with van der Waals surface area (Å²) in [7, 11) is 0. The lowest BCUT2D eigenvalue weighted by atomic mass is 10.1. The molecule has 3 rings (SSSR count). The van der Waals surface area contributed by atoms with Crippen LogP contribution >= 0.6 is 0 Å². The molecule has 0 saturated carbocycles. The number of nitrogens with zero attached hydrogens (tertiary/aromatic N) is 2. The zero-order valence-electron chi connectivity index (χ0n) is 19.3. The number of rotatable bonds is 9. The van der Waals surface area contributed by atoms with E-state index in [2.05, 4.69) is 4.98 Å². The van der Waals surface area contributed by atoms with Crippen molar-refractivity contribution >= 4 is 17.4 Å². The van der Waals surface area contributed by atoms with Crippen molar-refractivity contribution in [2.24, 2.45) is 0 Å². The van der Waals surface area contributed by atoms with Crippen LogP contribution in [-0.4, -0.2) is 28.6 Å². The first-order chi connectivity index (χ1) is 15.8. The molecule has 8 heteroatoms. The molecule has 2 aromatic carbocycles. The quantitative estimate of drug-likeness (QED) is 0.521. The first kappa shape index (κ1) is 23.8. The standard InChI is InChI=1S/C25H30N4O4/c1-4-5-13-28(21(30)16-33-20-14-17(2)11-12-18(20)3)22-23(26)29(25(32)27-24(22)31)15-19-9-7-6-8-10-19/h6-12,14H,4-5,13,15-16,26H2,1-3H3,(H,27,31,32). The van der Waals surface area contributed by atoms with Gasteiger partial charge in [0.25, 0.3) is 11.5 Å². The maximum atomic E-state index is 13.2. The van der Waals surface area contributed by atoms with Crippen molar-refractivity contribution < 1.29 is 9.53 Å². The minimum Gasteiger partial charge on any atom is -0.483 e. The van der Waals surface area contributed by atoms with Crippen LogP contribution in [0.2, 0.25) is 0 Å². The molecule has 1 aromatic heterocycles. The second kappa shape index (κ2) is 10.7. The van der Waals surface area contributed by atoms with Crippen molar-refractivity contribution in [3.05, 3.63) is 86.1 Å². The molecular weight excluding hydrogens is 420 g/mol. The van der Waals surface area contributed by atoms with E-state index in [4.69, 9.17) is 10.5 Å². The summed E-state index contributed by atoms with van der Waals surface area (Å²) in [6.07, 6.45) is 1.47. The molecule has 0 aliphatic heterocycles. The van der Waals surface area contributed by atoms with Crippen molar-refractivity contribution in [1.29, 1.82) is 0 Å². The van der Waals surface area contributed by atoms with E-state index >= 15 is 0 Å². The summed E-state index contributed by atoms with van der Waals surface area (Å²) < 4.78 is 7.05. The van der Waals surface area contributed by atoms with Crippen LogP contribution in [0.15, 0.2) is 58.1 Å². The molecule has 1 heterocycles. The first-order valence-electron chi connectivity index (χ1n) is 11.0. The number of amides is 1. The SMILES string of the molecule is CCCCN(C(=O)COc1cc(C)ccc1C)c1c(N)n(Cc2ccccc2)c(=O)[nH]c1=O. The number of nitrogens with two attached hydrogens (primary N) is 1. The number of nitrogen functional groups attached to an aromatic ring is 1. The van der Waals surface area contributed by atoms with Crippen LogP contribution in [0, 0.1) is 13.8 Å². The average molecular weight is 451 g/mol. The number of anilines is 2. The smallest absolute Gasteiger partial charge is 0.330 e. The zero-order valence-corrected chi connectivity index (χ0v) is 19.3. The topological polar surface area (TPSA) is 110 Å². The minimum absolute atomic E-state index is 0.0338. The summed E-state index contributed by atoms with van der Waals surface area (Å²) in [5.41, 5.74) is 7.71. The number of benzene rings is 2. The third-order valence-corrected chi connectivity index (χ3v) is 5.40. The number of unbranched alkanes of at least 4 members (excludes halogenated alkanes) is 1. The summed E-state index contributed by atoms with van der Waals surface area (Å²) >= 11 is 0. The van der Waals surface area contributed by atoms with E-state index in [-0.39, 0.29) is 31.2 Å². The van der Waals surface area contributed by atoms with Gasteiger partial charge >= 0.3 is 5.69 Å². The molecule has 174 valence electrons. The highest BCUT2D eigenvalue weighted by atomic mass is 16.5. The van der Waals surface area contributed by atoms with Crippen molar-refractivity contribution in [2.45, 2.75) is 40.2 Å². The second-order valence-corrected chi connectivity index (χ2v) is 8.02. The fraction of sp³-hybridized carbons (Fsp3) is 0.320. The number of nitrogens with one attached hydrogen (secondary N) is 1. The summed E-state index contributed by atoms with van der Waals surface area (Å²) in [5.74, 6) is 0.143. The van der Waals surface area contributed by atoms with Crippen LogP contribution in [-0.2, 0) is 11.3 Å². The lowest BCUT2D eigenvalue weighted by Crippen LogP contribution is -2.43. The third-order valence-electron chi connectivity index (χ3n) is 5.40. The van der Waals surface area contributed by atoms with Crippen molar-refractivity contribution in [2.75, 3.05) is 23.8 Å². The Labute approximate surface area is 192 Å². The van der Waals surface area contributed by atoms with Gasteiger partial charge in [0.15, 0.2) is 12.3 Å². The summed E-state index contributed by atoms with van der Waals surface area (Å²) in [5, 5.41) is 0. The van der Waals surface area contributed by atoms with E-state index in [1.807, 2.05) is 69.3 Å². The van der Waals surface area contributed by atoms with Crippen LogP contribution in [0.5, 0.6) is 5.75 Å². The van der Waals surface area contributed by atoms with Gasteiger partial charge in [-0.1, -0.05) is 55.8 Å². The summed E-state index contributed by atoms with van der Waals surface area (Å²) in [6.45, 7) is 6.02. The fourth-order valence-electron chi connectivity index (χ4n) is 3.52. The number of carbonyl (C=O) groups excluding carboxylic acids is 1. The number of aromatic nitrogens is 2. The van der Waals surface area contributed by atoms with Crippen LogP contribution in [0.3, 0.4) is 0 Å². The van der Waals surface area contributed by atoms with Crippen molar-refractivity contribution in [3.8, 4) is 5.75 Å². The van der Waals surface area contributed by atoms with Crippen LogP contribution in [0.4, 0.5) is 11.5 Å². The molecule has 0 bridgehead atoms. The Morgan fingerprint density at radius 3 is 2.55 bits per heavy atom. The highest BCUT2D eigenvalue weighted by Crippen LogP contribution is 2.21. The molecule has 0 atom stereocenters. The molecule has 0 unspecified atom stereocenters. The number of hydrogen-bond acceptors (Lipinski definition) is 5. The molecular formula is C25H30N4O4. The van der Waals surface area contributed by atoms with Gasteiger partial charge in [-0.05, 0) is 43.0 Å². The maximum Gasteiger partial charge on any atom is 0.330 e. The molecule has 0 aliphatic rings. The van der Waals surface area contributed by atoms with Gasteiger partial charge in [0, 0.05) is 6.54 Å². The third kappa shape index (κ3) is 5.71. The highest BCUT2D eigenvalue weighted by molar-refractivity contribution is 5.96. The van der Waals surface area contributed by atoms with Crippen molar-refractivity contribution in [1.82, 2.24) is 9.55 Å².